The van der Waals surface area contributed by atoms with Crippen LogP contribution in [0.1, 0.15) is 22.7 Å². The summed E-state index contributed by atoms with van der Waals surface area (Å²) in [4.78, 5) is 13.1. The second-order valence-corrected chi connectivity index (χ2v) is 7.19. The van der Waals surface area contributed by atoms with Crippen molar-refractivity contribution >= 4 is 11.6 Å². The highest BCUT2D eigenvalue weighted by Gasteiger charge is 2.24. The Balaban J connectivity index is 1.39. The van der Waals surface area contributed by atoms with Gasteiger partial charge in [0, 0.05) is 12.1 Å². The molecule has 1 amide bonds. The molecule has 3 aromatic carbocycles. The van der Waals surface area contributed by atoms with Crippen molar-refractivity contribution in [2.24, 2.45) is 0 Å². The third kappa shape index (κ3) is 3.40. The first-order valence-corrected chi connectivity index (χ1v) is 9.56. The number of amides is 1. The highest BCUT2D eigenvalue weighted by atomic mass is 16.2. The quantitative estimate of drug-likeness (QED) is 0.504. The van der Waals surface area contributed by atoms with Crippen LogP contribution in [0.5, 0.6) is 0 Å². The van der Waals surface area contributed by atoms with E-state index >= 15 is 0 Å². The molecule has 5 rings (SSSR count). The number of rotatable bonds is 5. The van der Waals surface area contributed by atoms with E-state index in [9.17, 15) is 4.79 Å². The Kier molecular flexibility index (Phi) is 4.37. The van der Waals surface area contributed by atoms with Crippen LogP contribution in [0.15, 0.2) is 79.1 Å². The molecule has 1 N–H and O–H groups in total. The number of anilines is 1. The summed E-state index contributed by atoms with van der Waals surface area (Å²) in [6.45, 7) is 0. The van der Waals surface area contributed by atoms with Gasteiger partial charge in [-0.05, 0) is 56.8 Å². The minimum atomic E-state index is -0.530. The lowest BCUT2D eigenvalue weighted by atomic mass is 10.0. The van der Waals surface area contributed by atoms with Gasteiger partial charge in [-0.15, -0.1) is 5.10 Å². The van der Waals surface area contributed by atoms with E-state index in [1.807, 2.05) is 36.4 Å². The van der Waals surface area contributed by atoms with Gasteiger partial charge in [0.25, 0.3) is 0 Å². The molecule has 6 nitrogen and oxygen atoms in total. The molecule has 0 aliphatic heterocycles. The van der Waals surface area contributed by atoms with E-state index in [1.165, 1.54) is 33.3 Å². The Bertz CT molecular complexity index is 1160. The van der Waals surface area contributed by atoms with Gasteiger partial charge in [-0.2, -0.15) is 0 Å². The monoisotopic (exact) mass is 381 g/mol. The summed E-state index contributed by atoms with van der Waals surface area (Å²) in [5, 5.41) is 14.4. The predicted molar refractivity (Wildman–Crippen MR) is 110 cm³/mol. The van der Waals surface area contributed by atoms with Crippen molar-refractivity contribution in [3.8, 4) is 11.1 Å². The van der Waals surface area contributed by atoms with Gasteiger partial charge in [0.2, 0.25) is 5.91 Å². The van der Waals surface area contributed by atoms with Crippen LogP contribution in [0.3, 0.4) is 0 Å². The first-order chi connectivity index (χ1) is 14.3. The van der Waals surface area contributed by atoms with Crippen molar-refractivity contribution in [2.45, 2.75) is 18.9 Å². The molecule has 1 aliphatic carbocycles. The van der Waals surface area contributed by atoms with Crippen LogP contribution in [0.2, 0.25) is 0 Å². The molecule has 29 heavy (non-hydrogen) atoms. The predicted octanol–water partition coefficient (Wildman–Crippen LogP) is 3.67. The van der Waals surface area contributed by atoms with E-state index in [-0.39, 0.29) is 5.91 Å². The van der Waals surface area contributed by atoms with E-state index in [2.05, 4.69) is 57.2 Å². The van der Waals surface area contributed by atoms with Gasteiger partial charge >= 0.3 is 0 Å². The molecule has 1 aliphatic rings. The molecule has 1 unspecified atom stereocenters. The molecule has 0 spiro atoms. The van der Waals surface area contributed by atoms with Crippen molar-refractivity contribution < 1.29 is 4.79 Å². The van der Waals surface area contributed by atoms with Crippen LogP contribution < -0.4 is 5.32 Å². The zero-order chi connectivity index (χ0) is 19.6. The zero-order valence-electron chi connectivity index (χ0n) is 15.7. The average Bonchev–Trinajstić information content (AvgIpc) is 3.40. The molecular formula is C23H19N5O. The van der Waals surface area contributed by atoms with Crippen LogP contribution in [-0.4, -0.2) is 26.1 Å². The molecule has 0 bridgehead atoms. The number of carbonyl (C=O) groups is 1. The second kappa shape index (κ2) is 7.31. The van der Waals surface area contributed by atoms with Gasteiger partial charge < -0.3 is 5.32 Å². The topological polar surface area (TPSA) is 72.7 Å². The smallest absolute Gasteiger partial charge is 0.249 e. The maximum atomic E-state index is 13.1. The number of carbonyl (C=O) groups excluding carboxylic acids is 1. The lowest BCUT2D eigenvalue weighted by molar-refractivity contribution is -0.119. The van der Waals surface area contributed by atoms with Gasteiger partial charge in [0.05, 0.1) is 0 Å². The number of aromatic nitrogens is 4. The Labute approximate surface area is 168 Å². The standard InChI is InChI=1S/C23H19N5O/c29-23(22(28-15-24-26-27-28)12-16-6-2-1-3-7-16)25-19-10-11-21-18(14-19)13-17-8-4-5-9-20(17)21/h1-11,14-15,22H,12-13H2,(H,25,29). The van der Waals surface area contributed by atoms with Crippen LogP contribution >= 0.6 is 0 Å². The summed E-state index contributed by atoms with van der Waals surface area (Å²) in [6, 6.07) is 23.9. The third-order valence-electron chi connectivity index (χ3n) is 5.32. The summed E-state index contributed by atoms with van der Waals surface area (Å²) in [7, 11) is 0. The number of nitrogens with zero attached hydrogens (tertiary/aromatic N) is 4. The number of hydrogen-bond acceptors (Lipinski definition) is 4. The molecule has 0 saturated carbocycles. The van der Waals surface area contributed by atoms with Crippen molar-refractivity contribution in [3.05, 3.63) is 95.8 Å². The van der Waals surface area contributed by atoms with Crippen molar-refractivity contribution in [3.63, 3.8) is 0 Å². The van der Waals surface area contributed by atoms with Crippen LogP contribution in [0.25, 0.3) is 11.1 Å². The summed E-state index contributed by atoms with van der Waals surface area (Å²) in [5.41, 5.74) is 6.89. The Morgan fingerprint density at radius 1 is 0.966 bits per heavy atom. The third-order valence-corrected chi connectivity index (χ3v) is 5.32. The maximum Gasteiger partial charge on any atom is 0.249 e. The first-order valence-electron chi connectivity index (χ1n) is 9.56. The summed E-state index contributed by atoms with van der Waals surface area (Å²) in [6.07, 6.45) is 2.87. The highest BCUT2D eigenvalue weighted by molar-refractivity contribution is 5.94. The molecule has 142 valence electrons. The van der Waals surface area contributed by atoms with Gasteiger partial charge in [-0.25, -0.2) is 4.68 Å². The molecule has 1 aromatic heterocycles. The minimum absolute atomic E-state index is 0.142. The van der Waals surface area contributed by atoms with Crippen LogP contribution in [0, 0.1) is 0 Å². The Morgan fingerprint density at radius 3 is 2.59 bits per heavy atom. The molecule has 1 atom stereocenters. The Hall–Kier alpha value is -3.80. The summed E-state index contributed by atoms with van der Waals surface area (Å²) < 4.78 is 1.51. The fourth-order valence-corrected chi connectivity index (χ4v) is 3.90. The largest absolute Gasteiger partial charge is 0.324 e. The molecule has 6 heteroatoms. The van der Waals surface area contributed by atoms with E-state index in [1.54, 1.807) is 0 Å². The Morgan fingerprint density at radius 2 is 1.76 bits per heavy atom. The van der Waals surface area contributed by atoms with Crippen LogP contribution in [-0.2, 0) is 17.6 Å². The number of benzene rings is 3. The number of tetrazole rings is 1. The van der Waals surface area contributed by atoms with E-state index in [0.717, 1.165) is 17.7 Å². The molecule has 4 aromatic rings. The first kappa shape index (κ1) is 17.3. The SMILES string of the molecule is O=C(Nc1ccc2c(c1)Cc1ccccc1-2)C(Cc1ccccc1)n1cnnn1. The minimum Gasteiger partial charge on any atom is -0.324 e. The lowest BCUT2D eigenvalue weighted by Gasteiger charge is -2.17. The van der Waals surface area contributed by atoms with Crippen molar-refractivity contribution in [1.82, 2.24) is 20.2 Å². The molecule has 1 heterocycles. The molecular weight excluding hydrogens is 362 g/mol. The summed E-state index contributed by atoms with van der Waals surface area (Å²) in [5.74, 6) is -0.142. The summed E-state index contributed by atoms with van der Waals surface area (Å²) >= 11 is 0. The fraction of sp³-hybridized carbons (Fsp3) is 0.130. The highest BCUT2D eigenvalue weighted by Crippen LogP contribution is 2.37. The van der Waals surface area contributed by atoms with E-state index in [4.69, 9.17) is 0 Å². The van der Waals surface area contributed by atoms with E-state index < -0.39 is 6.04 Å². The van der Waals surface area contributed by atoms with Crippen molar-refractivity contribution in [1.29, 1.82) is 0 Å². The molecule has 0 radical (unpaired) electrons. The number of hydrogen-bond donors (Lipinski definition) is 1. The van der Waals surface area contributed by atoms with Gasteiger partial charge in [0.1, 0.15) is 12.4 Å². The fourth-order valence-electron chi connectivity index (χ4n) is 3.90. The van der Waals surface area contributed by atoms with Gasteiger partial charge in [-0.1, -0.05) is 60.7 Å². The number of fused-ring (bicyclic) bond motifs is 3. The second-order valence-electron chi connectivity index (χ2n) is 7.19. The van der Waals surface area contributed by atoms with Crippen molar-refractivity contribution in [2.75, 3.05) is 5.32 Å². The van der Waals surface area contributed by atoms with E-state index in [0.29, 0.717) is 6.42 Å². The van der Waals surface area contributed by atoms with Gasteiger partial charge in [0.15, 0.2) is 0 Å². The van der Waals surface area contributed by atoms with Gasteiger partial charge in [-0.3, -0.25) is 4.79 Å². The normalized spacial score (nSPS) is 12.8. The number of nitrogens with one attached hydrogen (secondary N) is 1. The molecule has 0 saturated heterocycles. The average molecular weight is 381 g/mol. The zero-order valence-corrected chi connectivity index (χ0v) is 15.7. The molecule has 0 fully saturated rings. The maximum absolute atomic E-state index is 13.1. The lowest BCUT2D eigenvalue weighted by Crippen LogP contribution is -2.28. The van der Waals surface area contributed by atoms with Crippen LogP contribution in [0.4, 0.5) is 5.69 Å².